The summed E-state index contributed by atoms with van der Waals surface area (Å²) in [4.78, 5) is 35.3. The summed E-state index contributed by atoms with van der Waals surface area (Å²) in [6, 6.07) is 4.24. The molecule has 0 unspecified atom stereocenters. The smallest absolute Gasteiger partial charge is 0.313 e. The van der Waals surface area contributed by atoms with Crippen LogP contribution in [-0.2, 0) is 23.9 Å². The largest absolute Gasteiger partial charge is 0.494 e. The van der Waals surface area contributed by atoms with Crippen molar-refractivity contribution in [3.8, 4) is 5.75 Å². The van der Waals surface area contributed by atoms with Crippen LogP contribution in [0.1, 0.15) is 44.6 Å². The number of methoxy groups -OCH3 is 1. The molecule has 0 saturated heterocycles. The number of ketones is 1. The second-order valence-electron chi connectivity index (χ2n) is 5.32. The van der Waals surface area contributed by atoms with Crippen LogP contribution in [0, 0.1) is 5.82 Å². The lowest BCUT2D eigenvalue weighted by Crippen LogP contribution is -2.17. The Hall–Kier alpha value is -2.44. The second-order valence-corrected chi connectivity index (χ2v) is 5.32. The molecule has 0 spiro atoms. The Labute approximate surface area is 146 Å². The number of ether oxygens (including phenoxy) is 3. The third-order valence-corrected chi connectivity index (χ3v) is 3.49. The van der Waals surface area contributed by atoms with E-state index in [1.165, 1.54) is 19.2 Å². The van der Waals surface area contributed by atoms with Crippen LogP contribution in [0.4, 0.5) is 4.39 Å². The second kappa shape index (κ2) is 10.4. The van der Waals surface area contributed by atoms with Crippen molar-refractivity contribution in [3.05, 3.63) is 29.6 Å². The summed E-state index contributed by atoms with van der Waals surface area (Å²) >= 11 is 0. The maximum Gasteiger partial charge on any atom is 0.313 e. The zero-order chi connectivity index (χ0) is 18.8. The van der Waals surface area contributed by atoms with Gasteiger partial charge in [0.05, 0.1) is 26.7 Å². The van der Waals surface area contributed by atoms with Crippen molar-refractivity contribution in [1.29, 1.82) is 0 Å². The molecular formula is C18H23FO6. The first-order valence-corrected chi connectivity index (χ1v) is 8.07. The number of halogens is 1. The first-order chi connectivity index (χ1) is 11.9. The summed E-state index contributed by atoms with van der Waals surface area (Å²) < 4.78 is 28.5. The first-order valence-electron chi connectivity index (χ1n) is 8.07. The summed E-state index contributed by atoms with van der Waals surface area (Å²) in [5.74, 6) is -2.62. The van der Waals surface area contributed by atoms with Gasteiger partial charge < -0.3 is 14.2 Å². The minimum absolute atomic E-state index is 0.0662. The van der Waals surface area contributed by atoms with Crippen molar-refractivity contribution in [1.82, 2.24) is 0 Å². The fraction of sp³-hybridized carbons (Fsp3) is 0.500. The van der Waals surface area contributed by atoms with Crippen molar-refractivity contribution in [2.45, 2.75) is 39.0 Å². The SMILES string of the molecule is CCOC(=O)CC(=O)C[C@@H](CC(=O)OCC)c1ccc(OC)c(F)c1. The zero-order valence-electron chi connectivity index (χ0n) is 14.7. The summed E-state index contributed by atoms with van der Waals surface area (Å²) in [6.07, 6.45) is -0.566. The Morgan fingerprint density at radius 3 is 2.24 bits per heavy atom. The number of carbonyl (C=O) groups is 3. The highest BCUT2D eigenvalue weighted by molar-refractivity contribution is 5.96. The minimum Gasteiger partial charge on any atom is -0.494 e. The van der Waals surface area contributed by atoms with Gasteiger partial charge in [0.25, 0.3) is 0 Å². The lowest BCUT2D eigenvalue weighted by Gasteiger charge is -2.17. The number of hydrogen-bond acceptors (Lipinski definition) is 6. The highest BCUT2D eigenvalue weighted by Crippen LogP contribution is 2.28. The Balaban J connectivity index is 2.92. The van der Waals surface area contributed by atoms with Gasteiger partial charge in [0.15, 0.2) is 11.6 Å². The molecule has 7 heteroatoms. The molecule has 0 aliphatic carbocycles. The maximum absolute atomic E-state index is 13.9. The van der Waals surface area contributed by atoms with E-state index in [1.54, 1.807) is 19.9 Å². The maximum atomic E-state index is 13.9. The van der Waals surface area contributed by atoms with Crippen LogP contribution in [0.25, 0.3) is 0 Å². The molecule has 1 atom stereocenters. The average molecular weight is 354 g/mol. The van der Waals surface area contributed by atoms with Gasteiger partial charge in [-0.2, -0.15) is 0 Å². The average Bonchev–Trinajstić information content (AvgIpc) is 2.54. The zero-order valence-corrected chi connectivity index (χ0v) is 14.7. The van der Waals surface area contributed by atoms with E-state index in [-0.39, 0.29) is 44.0 Å². The van der Waals surface area contributed by atoms with Crippen LogP contribution in [0.5, 0.6) is 5.75 Å². The van der Waals surface area contributed by atoms with Gasteiger partial charge in [0, 0.05) is 12.3 Å². The molecule has 138 valence electrons. The molecule has 0 heterocycles. The molecule has 0 aliphatic heterocycles. The van der Waals surface area contributed by atoms with Crippen molar-refractivity contribution >= 4 is 17.7 Å². The molecule has 0 amide bonds. The minimum atomic E-state index is -0.622. The number of Topliss-reactive ketones (excluding diaryl/α,β-unsaturated/α-hetero) is 1. The predicted octanol–water partition coefficient (Wildman–Crippen LogP) is 2.78. The predicted molar refractivity (Wildman–Crippen MR) is 87.8 cm³/mol. The number of benzene rings is 1. The van der Waals surface area contributed by atoms with Crippen LogP contribution in [0.2, 0.25) is 0 Å². The molecule has 0 fully saturated rings. The molecule has 1 aromatic carbocycles. The molecule has 6 nitrogen and oxygen atoms in total. The topological polar surface area (TPSA) is 78.9 Å². The molecule has 25 heavy (non-hydrogen) atoms. The number of esters is 2. The van der Waals surface area contributed by atoms with E-state index < -0.39 is 23.7 Å². The lowest BCUT2D eigenvalue weighted by atomic mass is 9.90. The van der Waals surface area contributed by atoms with Crippen LogP contribution in [0.15, 0.2) is 18.2 Å². The summed E-state index contributed by atoms with van der Waals surface area (Å²) in [5, 5.41) is 0. The molecule has 0 saturated carbocycles. The highest BCUT2D eigenvalue weighted by atomic mass is 19.1. The summed E-state index contributed by atoms with van der Waals surface area (Å²) in [7, 11) is 1.34. The Bertz CT molecular complexity index is 614. The Kier molecular flexibility index (Phi) is 8.60. The normalized spacial score (nSPS) is 11.5. The van der Waals surface area contributed by atoms with Crippen molar-refractivity contribution < 1.29 is 33.0 Å². The number of carbonyl (C=O) groups excluding carboxylic acids is 3. The molecule has 0 bridgehead atoms. The van der Waals surface area contributed by atoms with Crippen LogP contribution in [0.3, 0.4) is 0 Å². The summed E-state index contributed by atoms with van der Waals surface area (Å²) in [5.41, 5.74) is 0.462. The molecule has 1 rings (SSSR count). The Morgan fingerprint density at radius 1 is 1.04 bits per heavy atom. The molecule has 0 aromatic heterocycles. The monoisotopic (exact) mass is 354 g/mol. The van der Waals surface area contributed by atoms with E-state index in [9.17, 15) is 18.8 Å². The van der Waals surface area contributed by atoms with Gasteiger partial charge in [0.1, 0.15) is 12.2 Å². The molecule has 0 aliphatic rings. The van der Waals surface area contributed by atoms with Crippen LogP contribution < -0.4 is 4.74 Å². The van der Waals surface area contributed by atoms with E-state index in [0.29, 0.717) is 5.56 Å². The third kappa shape index (κ3) is 6.91. The van der Waals surface area contributed by atoms with Gasteiger partial charge >= 0.3 is 11.9 Å². The van der Waals surface area contributed by atoms with Gasteiger partial charge in [-0.05, 0) is 31.5 Å². The standard InChI is InChI=1S/C18H23FO6/c1-4-24-17(21)10-13(8-14(20)11-18(22)25-5-2)12-6-7-16(23-3)15(19)9-12/h6-7,9,13H,4-5,8,10-11H2,1-3H3/t13-/m0/s1. The first kappa shape index (κ1) is 20.6. The van der Waals surface area contributed by atoms with Crippen molar-refractivity contribution in [2.24, 2.45) is 0 Å². The quantitative estimate of drug-likeness (QED) is 0.475. The van der Waals surface area contributed by atoms with Crippen molar-refractivity contribution in [3.63, 3.8) is 0 Å². The third-order valence-electron chi connectivity index (χ3n) is 3.49. The Morgan fingerprint density at radius 2 is 1.68 bits per heavy atom. The van der Waals surface area contributed by atoms with E-state index in [4.69, 9.17) is 14.2 Å². The number of hydrogen-bond donors (Lipinski definition) is 0. The van der Waals surface area contributed by atoms with Gasteiger partial charge in [-0.15, -0.1) is 0 Å². The number of rotatable bonds is 10. The van der Waals surface area contributed by atoms with Gasteiger partial charge in [-0.3, -0.25) is 14.4 Å². The van der Waals surface area contributed by atoms with Crippen LogP contribution in [-0.4, -0.2) is 38.0 Å². The van der Waals surface area contributed by atoms with Gasteiger partial charge in [-0.25, -0.2) is 4.39 Å². The van der Waals surface area contributed by atoms with E-state index >= 15 is 0 Å². The molecule has 0 radical (unpaired) electrons. The fourth-order valence-electron chi connectivity index (χ4n) is 2.39. The van der Waals surface area contributed by atoms with Crippen LogP contribution >= 0.6 is 0 Å². The van der Waals surface area contributed by atoms with E-state index in [1.807, 2.05) is 0 Å². The highest BCUT2D eigenvalue weighted by Gasteiger charge is 2.23. The molecule has 1 aromatic rings. The molecule has 0 N–H and O–H groups in total. The fourth-order valence-corrected chi connectivity index (χ4v) is 2.39. The van der Waals surface area contributed by atoms with Gasteiger partial charge in [-0.1, -0.05) is 6.07 Å². The van der Waals surface area contributed by atoms with E-state index in [2.05, 4.69) is 0 Å². The lowest BCUT2D eigenvalue weighted by molar-refractivity contribution is -0.145. The van der Waals surface area contributed by atoms with E-state index in [0.717, 1.165) is 0 Å². The molecular weight excluding hydrogens is 331 g/mol. The summed E-state index contributed by atoms with van der Waals surface area (Å²) in [6.45, 7) is 3.71. The van der Waals surface area contributed by atoms with Crippen molar-refractivity contribution in [2.75, 3.05) is 20.3 Å². The van der Waals surface area contributed by atoms with Gasteiger partial charge in [0.2, 0.25) is 0 Å².